The molecule has 166 valence electrons. The molecule has 2 N–H and O–H groups in total. The highest BCUT2D eigenvalue weighted by Gasteiger charge is 2.34. The van der Waals surface area contributed by atoms with Gasteiger partial charge in [0.05, 0.1) is 24.5 Å². The fourth-order valence-electron chi connectivity index (χ4n) is 2.65. The normalized spacial score (nSPS) is 11.5. The molecular weight excluding hydrogens is 413 g/mol. The molecule has 31 heavy (non-hydrogen) atoms. The Bertz CT molecular complexity index is 985. The molecule has 2 aromatic carbocycles. The molecule has 0 aliphatic heterocycles. The highest BCUT2D eigenvalue weighted by molar-refractivity contribution is 6.02. The zero-order valence-corrected chi connectivity index (χ0v) is 17.5. The maximum absolute atomic E-state index is 13.4. The first kappa shape index (κ1) is 23.8. The second-order valence-corrected chi connectivity index (χ2v) is 6.84. The lowest BCUT2D eigenvalue weighted by molar-refractivity contribution is -0.137. The molecule has 0 saturated carbocycles. The van der Waals surface area contributed by atoms with Crippen molar-refractivity contribution in [1.82, 2.24) is 0 Å². The Balaban J connectivity index is 2.20. The van der Waals surface area contributed by atoms with Crippen molar-refractivity contribution >= 4 is 29.3 Å². The second kappa shape index (κ2) is 10.0. The van der Waals surface area contributed by atoms with E-state index in [1.807, 2.05) is 13.8 Å². The number of ether oxygens (including phenoxy) is 2. The molecule has 6 nitrogen and oxygen atoms in total. The van der Waals surface area contributed by atoms with Gasteiger partial charge >= 0.3 is 6.18 Å². The van der Waals surface area contributed by atoms with Crippen LogP contribution in [-0.2, 0) is 15.8 Å². The molecule has 0 aliphatic rings. The Labute approximate surface area is 178 Å². The van der Waals surface area contributed by atoms with Crippen molar-refractivity contribution in [3.05, 3.63) is 53.6 Å². The van der Waals surface area contributed by atoms with Crippen LogP contribution in [-0.4, -0.2) is 25.0 Å². The fraction of sp³-hybridized carbons (Fsp3) is 0.273. The molecule has 0 spiro atoms. The highest BCUT2D eigenvalue weighted by atomic mass is 19.4. The molecule has 2 rings (SSSR count). The highest BCUT2D eigenvalue weighted by Crippen LogP contribution is 2.36. The average Bonchev–Trinajstić information content (AvgIpc) is 2.66. The third kappa shape index (κ3) is 7.06. The Morgan fingerprint density at radius 2 is 1.74 bits per heavy atom. The number of rotatable bonds is 7. The van der Waals surface area contributed by atoms with Gasteiger partial charge in [0.25, 0.3) is 0 Å². The van der Waals surface area contributed by atoms with Crippen LogP contribution in [0.25, 0.3) is 6.08 Å². The quantitative estimate of drug-likeness (QED) is 0.592. The van der Waals surface area contributed by atoms with Crippen LogP contribution in [0.2, 0.25) is 0 Å². The third-order valence-electron chi connectivity index (χ3n) is 3.88. The summed E-state index contributed by atoms with van der Waals surface area (Å²) >= 11 is 0. The van der Waals surface area contributed by atoms with Crippen molar-refractivity contribution in [3.63, 3.8) is 0 Å². The topological polar surface area (TPSA) is 76.7 Å². The zero-order valence-electron chi connectivity index (χ0n) is 17.5. The number of halogens is 3. The minimum absolute atomic E-state index is 0.0239. The number of anilines is 2. The van der Waals surface area contributed by atoms with E-state index < -0.39 is 29.2 Å². The summed E-state index contributed by atoms with van der Waals surface area (Å²) in [4.78, 5) is 23.3. The molecule has 0 aliphatic carbocycles. The number of benzene rings is 2. The van der Waals surface area contributed by atoms with Gasteiger partial charge in [-0.2, -0.15) is 13.2 Å². The fourth-order valence-corrected chi connectivity index (χ4v) is 2.65. The second-order valence-electron chi connectivity index (χ2n) is 6.84. The van der Waals surface area contributed by atoms with Gasteiger partial charge in [-0.15, -0.1) is 0 Å². The zero-order chi connectivity index (χ0) is 23.2. The molecule has 9 heteroatoms. The van der Waals surface area contributed by atoms with Gasteiger partial charge in [-0.1, -0.05) is 6.07 Å². The summed E-state index contributed by atoms with van der Waals surface area (Å²) in [6.07, 6.45) is -2.23. The van der Waals surface area contributed by atoms with E-state index in [2.05, 4.69) is 10.6 Å². The molecule has 0 atom stereocenters. The monoisotopic (exact) mass is 436 g/mol. The smallest absolute Gasteiger partial charge is 0.418 e. The molecule has 0 saturated heterocycles. The largest absolute Gasteiger partial charge is 0.493 e. The van der Waals surface area contributed by atoms with E-state index in [0.717, 1.165) is 18.2 Å². The van der Waals surface area contributed by atoms with Gasteiger partial charge in [-0.3, -0.25) is 9.59 Å². The van der Waals surface area contributed by atoms with Crippen LogP contribution in [0.15, 0.2) is 42.5 Å². The molecule has 2 aromatic rings. The van der Waals surface area contributed by atoms with Crippen molar-refractivity contribution < 1.29 is 32.2 Å². The van der Waals surface area contributed by atoms with Crippen molar-refractivity contribution in [2.45, 2.75) is 33.1 Å². The molecular formula is C22H23F3N2O4. The molecule has 2 amide bonds. The lowest BCUT2D eigenvalue weighted by Gasteiger charge is -2.15. The van der Waals surface area contributed by atoms with Crippen LogP contribution in [0.3, 0.4) is 0 Å². The Morgan fingerprint density at radius 3 is 2.32 bits per heavy atom. The van der Waals surface area contributed by atoms with Crippen molar-refractivity contribution in [3.8, 4) is 11.5 Å². The van der Waals surface area contributed by atoms with E-state index in [4.69, 9.17) is 9.47 Å². The number of alkyl halides is 3. The number of nitrogens with one attached hydrogen (secondary N) is 2. The van der Waals surface area contributed by atoms with Gasteiger partial charge in [-0.05, 0) is 55.8 Å². The first-order valence-electron chi connectivity index (χ1n) is 9.32. The first-order chi connectivity index (χ1) is 14.5. The number of carbonyl (C=O) groups is 2. The summed E-state index contributed by atoms with van der Waals surface area (Å²) in [5, 5.41) is 4.50. The van der Waals surface area contributed by atoms with Crippen molar-refractivity contribution in [2.75, 3.05) is 17.7 Å². The van der Waals surface area contributed by atoms with Gasteiger partial charge in [0.15, 0.2) is 11.5 Å². The van der Waals surface area contributed by atoms with Gasteiger partial charge in [0.2, 0.25) is 11.8 Å². The number of methoxy groups -OCH3 is 1. The van der Waals surface area contributed by atoms with Crippen LogP contribution in [0, 0.1) is 0 Å². The van der Waals surface area contributed by atoms with E-state index >= 15 is 0 Å². The minimum Gasteiger partial charge on any atom is -0.493 e. The average molecular weight is 436 g/mol. The first-order valence-corrected chi connectivity index (χ1v) is 9.32. The van der Waals surface area contributed by atoms with Crippen LogP contribution in [0.5, 0.6) is 11.5 Å². The molecule has 0 heterocycles. The maximum Gasteiger partial charge on any atom is 0.418 e. The summed E-state index contributed by atoms with van der Waals surface area (Å²) < 4.78 is 51.0. The lowest BCUT2D eigenvalue weighted by Crippen LogP contribution is -2.16. The predicted octanol–water partition coefficient (Wildman–Crippen LogP) is 5.11. The summed E-state index contributed by atoms with van der Waals surface area (Å²) in [5.74, 6) is -0.260. The summed E-state index contributed by atoms with van der Waals surface area (Å²) in [6.45, 7) is 4.93. The predicted molar refractivity (Wildman–Crippen MR) is 112 cm³/mol. The molecule has 0 aromatic heterocycles. The van der Waals surface area contributed by atoms with Gasteiger partial charge in [-0.25, -0.2) is 0 Å². The molecule has 0 unspecified atom stereocenters. The van der Waals surface area contributed by atoms with E-state index in [1.54, 1.807) is 18.2 Å². The maximum atomic E-state index is 13.4. The Hall–Kier alpha value is -3.49. The van der Waals surface area contributed by atoms with Gasteiger partial charge in [0.1, 0.15) is 0 Å². The number of carbonyl (C=O) groups excluding carboxylic acids is 2. The minimum atomic E-state index is -4.72. The van der Waals surface area contributed by atoms with Crippen LogP contribution in [0.4, 0.5) is 24.5 Å². The van der Waals surface area contributed by atoms with Gasteiger partial charge in [0, 0.05) is 18.7 Å². The number of hydrogen-bond donors (Lipinski definition) is 2. The van der Waals surface area contributed by atoms with E-state index in [0.29, 0.717) is 17.1 Å². The summed E-state index contributed by atoms with van der Waals surface area (Å²) in [6, 6.07) is 8.13. The van der Waals surface area contributed by atoms with Crippen LogP contribution in [0.1, 0.15) is 31.9 Å². The van der Waals surface area contributed by atoms with Crippen molar-refractivity contribution in [2.24, 2.45) is 0 Å². The van der Waals surface area contributed by atoms with Crippen LogP contribution < -0.4 is 20.1 Å². The summed E-state index contributed by atoms with van der Waals surface area (Å²) in [5.41, 5.74) is -0.920. The number of hydrogen-bond acceptors (Lipinski definition) is 4. The molecule has 0 fully saturated rings. The molecule has 0 radical (unpaired) electrons. The third-order valence-corrected chi connectivity index (χ3v) is 3.88. The van der Waals surface area contributed by atoms with E-state index in [9.17, 15) is 22.8 Å². The van der Waals surface area contributed by atoms with E-state index in [-0.39, 0.29) is 11.8 Å². The summed E-state index contributed by atoms with van der Waals surface area (Å²) in [7, 11) is 1.48. The molecule has 0 bridgehead atoms. The SMILES string of the molecule is COc1cc(/C=C/C(=O)Nc2ccc(NC(C)=O)cc2C(F)(F)F)ccc1OC(C)C. The van der Waals surface area contributed by atoms with E-state index in [1.165, 1.54) is 26.2 Å². The lowest BCUT2D eigenvalue weighted by atomic mass is 10.1. The Morgan fingerprint density at radius 1 is 1.03 bits per heavy atom. The van der Waals surface area contributed by atoms with Crippen molar-refractivity contribution in [1.29, 1.82) is 0 Å². The standard InChI is InChI=1S/C22H23F3N2O4/c1-13(2)31-19-9-5-15(11-20(19)30-4)6-10-21(29)27-18-8-7-16(26-14(3)28)12-17(18)22(23,24)25/h5-13H,1-4H3,(H,26,28)(H,27,29)/b10-6+. The Kier molecular flexibility index (Phi) is 7.68. The number of amides is 2. The van der Waals surface area contributed by atoms with Crippen LogP contribution >= 0.6 is 0 Å². The van der Waals surface area contributed by atoms with Gasteiger partial charge < -0.3 is 20.1 Å².